The Morgan fingerprint density at radius 1 is 1.50 bits per heavy atom. The topological polar surface area (TPSA) is 17.8 Å². The van der Waals surface area contributed by atoms with E-state index in [9.17, 15) is 0 Å². The summed E-state index contributed by atoms with van der Waals surface area (Å²) in [5.41, 5.74) is 3.14. The number of aryl methyl sites for hydroxylation is 2. The van der Waals surface area contributed by atoms with Crippen molar-refractivity contribution in [1.29, 1.82) is 0 Å². The number of nitrogens with zero attached hydrogens (tertiary/aromatic N) is 2. The minimum atomic E-state index is 0.760. The first kappa shape index (κ1) is 7.62. The summed E-state index contributed by atoms with van der Waals surface area (Å²) >= 11 is 6.01. The Kier molecular flexibility index (Phi) is 1.58. The number of hydrogen-bond donors (Lipinski definition) is 0. The molecule has 2 rings (SSSR count). The van der Waals surface area contributed by atoms with Crippen LogP contribution in [-0.2, 0) is 7.05 Å². The number of fused-ring (bicyclic) bond motifs is 1. The van der Waals surface area contributed by atoms with Gasteiger partial charge in [0, 0.05) is 18.9 Å². The zero-order chi connectivity index (χ0) is 8.72. The van der Waals surface area contributed by atoms with Gasteiger partial charge in [0.1, 0.15) is 0 Å². The molecule has 0 amide bonds. The Bertz CT molecular complexity index is 431. The van der Waals surface area contributed by atoms with Gasteiger partial charge in [0.25, 0.3) is 0 Å². The highest BCUT2D eigenvalue weighted by atomic mass is 35.5. The fraction of sp³-hybridized carbons (Fsp3) is 0.222. The van der Waals surface area contributed by atoms with E-state index >= 15 is 0 Å². The predicted octanol–water partition coefficient (Wildman–Crippen LogP) is 2.54. The van der Waals surface area contributed by atoms with Gasteiger partial charge in [0.2, 0.25) is 0 Å². The lowest BCUT2D eigenvalue weighted by molar-refractivity contribution is 0.918. The highest BCUT2D eigenvalue weighted by molar-refractivity contribution is 6.34. The fourth-order valence-corrected chi connectivity index (χ4v) is 1.63. The van der Waals surface area contributed by atoms with Gasteiger partial charge >= 0.3 is 0 Å². The summed E-state index contributed by atoms with van der Waals surface area (Å²) in [5, 5.41) is 0.760. The molecule has 2 aromatic rings. The highest BCUT2D eigenvalue weighted by Gasteiger charge is 2.05. The number of rotatable bonds is 0. The minimum absolute atomic E-state index is 0.760. The van der Waals surface area contributed by atoms with Crippen molar-refractivity contribution in [2.45, 2.75) is 6.92 Å². The smallest absolute Gasteiger partial charge is 0.0899 e. The largest absolute Gasteiger partial charge is 0.345 e. The van der Waals surface area contributed by atoms with Crippen LogP contribution in [0, 0.1) is 6.92 Å². The van der Waals surface area contributed by atoms with Gasteiger partial charge in [-0.2, -0.15) is 0 Å². The van der Waals surface area contributed by atoms with Crippen molar-refractivity contribution in [3.63, 3.8) is 0 Å². The molecule has 0 saturated carbocycles. The SMILES string of the molecule is Cc1cc2nccc(Cl)c2n1C. The summed E-state index contributed by atoms with van der Waals surface area (Å²) < 4.78 is 2.05. The number of hydrogen-bond acceptors (Lipinski definition) is 1. The van der Waals surface area contributed by atoms with Gasteiger partial charge in [-0.1, -0.05) is 11.6 Å². The van der Waals surface area contributed by atoms with Crippen molar-refractivity contribution >= 4 is 22.6 Å². The van der Waals surface area contributed by atoms with Gasteiger partial charge in [-0.25, -0.2) is 0 Å². The minimum Gasteiger partial charge on any atom is -0.345 e. The number of pyridine rings is 1. The first-order valence-electron chi connectivity index (χ1n) is 3.76. The van der Waals surface area contributed by atoms with Gasteiger partial charge in [-0.15, -0.1) is 0 Å². The maximum absolute atomic E-state index is 6.01. The van der Waals surface area contributed by atoms with E-state index in [1.807, 2.05) is 30.7 Å². The highest BCUT2D eigenvalue weighted by Crippen LogP contribution is 2.23. The van der Waals surface area contributed by atoms with Gasteiger partial charge in [-0.05, 0) is 19.1 Å². The van der Waals surface area contributed by atoms with Crippen LogP contribution in [0.4, 0.5) is 0 Å². The molecule has 0 spiro atoms. The molecule has 0 aliphatic heterocycles. The zero-order valence-corrected chi connectivity index (χ0v) is 7.76. The van der Waals surface area contributed by atoms with Gasteiger partial charge in [-0.3, -0.25) is 4.98 Å². The molecule has 0 aromatic carbocycles. The average molecular weight is 181 g/mol. The molecule has 0 fully saturated rings. The molecule has 0 aliphatic rings. The predicted molar refractivity (Wildman–Crippen MR) is 50.5 cm³/mol. The van der Waals surface area contributed by atoms with Gasteiger partial charge in [0.05, 0.1) is 16.1 Å². The maximum Gasteiger partial charge on any atom is 0.0899 e. The quantitative estimate of drug-likeness (QED) is 0.609. The van der Waals surface area contributed by atoms with Crippen molar-refractivity contribution in [2.24, 2.45) is 7.05 Å². The van der Waals surface area contributed by atoms with Crippen LogP contribution in [-0.4, -0.2) is 9.55 Å². The normalized spacial score (nSPS) is 10.9. The molecule has 0 N–H and O–H groups in total. The van der Waals surface area contributed by atoms with Crippen molar-refractivity contribution in [1.82, 2.24) is 9.55 Å². The summed E-state index contributed by atoms with van der Waals surface area (Å²) in [7, 11) is 1.99. The van der Waals surface area contributed by atoms with Crippen molar-refractivity contribution in [3.05, 3.63) is 29.0 Å². The van der Waals surface area contributed by atoms with E-state index in [0.717, 1.165) is 16.1 Å². The van der Waals surface area contributed by atoms with E-state index in [0.29, 0.717) is 0 Å². The molecular formula is C9H9ClN2. The van der Waals surface area contributed by atoms with Crippen LogP contribution < -0.4 is 0 Å². The molecule has 0 bridgehead atoms. The molecule has 62 valence electrons. The molecule has 0 saturated heterocycles. The lowest BCUT2D eigenvalue weighted by Crippen LogP contribution is -1.90. The van der Waals surface area contributed by atoms with Crippen molar-refractivity contribution < 1.29 is 0 Å². The standard InChI is InChI=1S/C9H9ClN2/c1-6-5-8-9(12(6)2)7(10)3-4-11-8/h3-5H,1-2H3. The Morgan fingerprint density at radius 2 is 2.25 bits per heavy atom. The number of aromatic nitrogens is 2. The molecule has 12 heavy (non-hydrogen) atoms. The van der Waals surface area contributed by atoms with E-state index < -0.39 is 0 Å². The summed E-state index contributed by atoms with van der Waals surface area (Å²) in [6.07, 6.45) is 1.73. The first-order valence-corrected chi connectivity index (χ1v) is 4.14. The lowest BCUT2D eigenvalue weighted by Gasteiger charge is -1.99. The second kappa shape index (κ2) is 2.49. The van der Waals surface area contributed by atoms with E-state index in [1.54, 1.807) is 6.20 Å². The second-order valence-electron chi connectivity index (χ2n) is 2.87. The van der Waals surface area contributed by atoms with Crippen LogP contribution in [0.1, 0.15) is 5.69 Å². The first-order chi connectivity index (χ1) is 5.70. The summed E-state index contributed by atoms with van der Waals surface area (Å²) in [4.78, 5) is 4.22. The van der Waals surface area contributed by atoms with Crippen LogP contribution in [0.25, 0.3) is 11.0 Å². The lowest BCUT2D eigenvalue weighted by atomic mass is 10.4. The molecule has 0 aliphatic carbocycles. The zero-order valence-electron chi connectivity index (χ0n) is 7.00. The number of halogens is 1. The Balaban J connectivity index is 2.97. The summed E-state index contributed by atoms with van der Waals surface area (Å²) in [6, 6.07) is 3.84. The Hall–Kier alpha value is -1.02. The van der Waals surface area contributed by atoms with Crippen LogP contribution in [0.5, 0.6) is 0 Å². The van der Waals surface area contributed by atoms with E-state index in [1.165, 1.54) is 5.69 Å². The monoisotopic (exact) mass is 180 g/mol. The third-order valence-electron chi connectivity index (χ3n) is 2.11. The molecule has 0 atom stereocenters. The van der Waals surface area contributed by atoms with E-state index in [-0.39, 0.29) is 0 Å². The molecule has 0 unspecified atom stereocenters. The molecule has 2 heterocycles. The van der Waals surface area contributed by atoms with Crippen LogP contribution >= 0.6 is 11.6 Å². The molecule has 2 nitrogen and oxygen atoms in total. The van der Waals surface area contributed by atoms with Crippen LogP contribution in [0.3, 0.4) is 0 Å². The summed E-state index contributed by atoms with van der Waals surface area (Å²) in [5.74, 6) is 0. The van der Waals surface area contributed by atoms with Crippen LogP contribution in [0.15, 0.2) is 18.3 Å². The Labute approximate surface area is 75.8 Å². The molecule has 3 heteroatoms. The van der Waals surface area contributed by atoms with Crippen LogP contribution in [0.2, 0.25) is 5.02 Å². The molecular weight excluding hydrogens is 172 g/mol. The van der Waals surface area contributed by atoms with Crippen molar-refractivity contribution in [3.8, 4) is 0 Å². The maximum atomic E-state index is 6.01. The second-order valence-corrected chi connectivity index (χ2v) is 3.28. The van der Waals surface area contributed by atoms with Gasteiger partial charge in [0.15, 0.2) is 0 Å². The fourth-order valence-electron chi connectivity index (χ4n) is 1.35. The van der Waals surface area contributed by atoms with E-state index in [4.69, 9.17) is 11.6 Å². The molecule has 2 aromatic heterocycles. The summed E-state index contributed by atoms with van der Waals surface area (Å²) in [6.45, 7) is 2.04. The third kappa shape index (κ3) is 0.916. The van der Waals surface area contributed by atoms with Gasteiger partial charge < -0.3 is 4.57 Å². The van der Waals surface area contributed by atoms with Crippen molar-refractivity contribution in [2.75, 3.05) is 0 Å². The average Bonchev–Trinajstić information content (AvgIpc) is 2.29. The van der Waals surface area contributed by atoms with E-state index in [2.05, 4.69) is 4.98 Å². The third-order valence-corrected chi connectivity index (χ3v) is 2.42. The molecule has 0 radical (unpaired) electrons. The Morgan fingerprint density at radius 3 is 2.92 bits per heavy atom.